The van der Waals surface area contributed by atoms with Gasteiger partial charge in [-0.1, -0.05) is 20.8 Å². The molecule has 2 amide bonds. The van der Waals surface area contributed by atoms with Gasteiger partial charge in [0.05, 0.1) is 16.3 Å². The molecule has 10 nitrogen and oxygen atoms in total. The standard InChI is InChI=1S/C20H26N4O6S/c1-19(2,3)17-24-23-16(29-17)11-7-8-14-12(9-11)21-15(25)13(10-31(14,27)28)22-18(26)30-20(4,5)6/h7-9,13H,10H2,1-6H3,(H,21,25)(H,22,26)/t13-/m0/s1. The van der Waals surface area contributed by atoms with E-state index in [0.29, 0.717) is 11.5 Å². The highest BCUT2D eigenvalue weighted by molar-refractivity contribution is 7.91. The monoisotopic (exact) mass is 450 g/mol. The summed E-state index contributed by atoms with van der Waals surface area (Å²) in [5, 5.41) is 12.9. The Labute approximate surface area is 180 Å². The smallest absolute Gasteiger partial charge is 0.408 e. The van der Waals surface area contributed by atoms with Gasteiger partial charge >= 0.3 is 6.09 Å². The molecule has 2 N–H and O–H groups in total. The molecule has 0 unspecified atom stereocenters. The zero-order valence-corrected chi connectivity index (χ0v) is 19.1. The summed E-state index contributed by atoms with van der Waals surface area (Å²) in [7, 11) is -3.89. The summed E-state index contributed by atoms with van der Waals surface area (Å²) in [5.41, 5.74) is -0.616. The van der Waals surface area contributed by atoms with Crippen LogP contribution < -0.4 is 10.6 Å². The third-order valence-corrected chi connectivity index (χ3v) is 6.08. The van der Waals surface area contributed by atoms with E-state index in [9.17, 15) is 18.0 Å². The summed E-state index contributed by atoms with van der Waals surface area (Å²) in [6.07, 6.45) is -0.880. The van der Waals surface area contributed by atoms with E-state index in [0.717, 1.165) is 0 Å². The number of nitrogens with zero attached hydrogens (tertiary/aromatic N) is 2. The predicted octanol–water partition coefficient (Wildman–Crippen LogP) is 2.65. The molecule has 0 saturated carbocycles. The van der Waals surface area contributed by atoms with Crippen LogP contribution in [0.4, 0.5) is 10.5 Å². The van der Waals surface area contributed by atoms with Crippen molar-refractivity contribution in [3.05, 3.63) is 24.1 Å². The molecule has 0 bridgehead atoms. The maximum Gasteiger partial charge on any atom is 0.408 e. The van der Waals surface area contributed by atoms with Crippen molar-refractivity contribution in [3.8, 4) is 11.5 Å². The van der Waals surface area contributed by atoms with Gasteiger partial charge in [0, 0.05) is 11.0 Å². The summed E-state index contributed by atoms with van der Waals surface area (Å²) >= 11 is 0. The SMILES string of the molecule is CC(C)(C)OC(=O)N[C@H]1CS(=O)(=O)c2ccc(-c3nnc(C(C)(C)C)o3)cc2NC1=O. The Kier molecular flexibility index (Phi) is 5.59. The number of carbonyl (C=O) groups is 2. The number of anilines is 1. The Morgan fingerprint density at radius 3 is 2.45 bits per heavy atom. The quantitative estimate of drug-likeness (QED) is 0.711. The van der Waals surface area contributed by atoms with E-state index >= 15 is 0 Å². The minimum absolute atomic E-state index is 0.0614. The van der Waals surface area contributed by atoms with Crippen molar-refractivity contribution in [2.75, 3.05) is 11.1 Å². The van der Waals surface area contributed by atoms with Gasteiger partial charge in [0.1, 0.15) is 11.6 Å². The molecule has 0 spiro atoms. The number of carbonyl (C=O) groups excluding carboxylic acids is 2. The Hall–Kier alpha value is -2.95. The molecule has 0 fully saturated rings. The fourth-order valence-corrected chi connectivity index (χ4v) is 4.41. The normalized spacial score (nSPS) is 18.5. The highest BCUT2D eigenvalue weighted by atomic mass is 32.2. The third-order valence-electron chi connectivity index (χ3n) is 4.28. The summed E-state index contributed by atoms with van der Waals surface area (Å²) in [4.78, 5) is 24.6. The molecule has 1 aromatic heterocycles. The molecule has 168 valence electrons. The number of benzene rings is 1. The molecule has 2 heterocycles. The first-order chi connectivity index (χ1) is 14.2. The summed E-state index contributed by atoms with van der Waals surface area (Å²) in [6, 6.07) is 3.05. The first-order valence-electron chi connectivity index (χ1n) is 9.67. The third kappa shape index (κ3) is 5.22. The number of alkyl carbamates (subject to hydrolysis) is 1. The summed E-state index contributed by atoms with van der Waals surface area (Å²) < 4.78 is 36.6. The molecule has 1 aliphatic rings. The highest BCUT2D eigenvalue weighted by Crippen LogP contribution is 2.32. The highest BCUT2D eigenvalue weighted by Gasteiger charge is 2.35. The Bertz CT molecular complexity index is 1130. The van der Waals surface area contributed by atoms with Gasteiger partial charge in [0.15, 0.2) is 9.84 Å². The number of fused-ring (bicyclic) bond motifs is 1. The molecule has 0 saturated heterocycles. The van der Waals surface area contributed by atoms with E-state index < -0.39 is 39.2 Å². The maximum atomic E-state index is 12.9. The lowest BCUT2D eigenvalue weighted by Crippen LogP contribution is -2.48. The van der Waals surface area contributed by atoms with Crippen LogP contribution in [0.5, 0.6) is 0 Å². The van der Waals surface area contributed by atoms with Crippen LogP contribution in [0.15, 0.2) is 27.5 Å². The second kappa shape index (κ2) is 7.63. The molecule has 31 heavy (non-hydrogen) atoms. The predicted molar refractivity (Wildman–Crippen MR) is 112 cm³/mol. The van der Waals surface area contributed by atoms with E-state index in [1.54, 1.807) is 20.8 Å². The van der Waals surface area contributed by atoms with E-state index in [2.05, 4.69) is 20.8 Å². The van der Waals surface area contributed by atoms with Gasteiger partial charge in [0.25, 0.3) is 0 Å². The average molecular weight is 451 g/mol. The van der Waals surface area contributed by atoms with Crippen molar-refractivity contribution in [2.24, 2.45) is 0 Å². The number of rotatable bonds is 2. The van der Waals surface area contributed by atoms with E-state index in [-0.39, 0.29) is 21.9 Å². The van der Waals surface area contributed by atoms with Crippen LogP contribution in [0.2, 0.25) is 0 Å². The second-order valence-electron chi connectivity index (χ2n) is 9.34. The van der Waals surface area contributed by atoms with E-state index in [1.165, 1.54) is 18.2 Å². The topological polar surface area (TPSA) is 140 Å². The van der Waals surface area contributed by atoms with Crippen LogP contribution in [0.25, 0.3) is 11.5 Å². The average Bonchev–Trinajstić information content (AvgIpc) is 3.06. The van der Waals surface area contributed by atoms with Crippen molar-refractivity contribution in [3.63, 3.8) is 0 Å². The Balaban J connectivity index is 1.90. The molecule has 1 atom stereocenters. The number of nitrogens with one attached hydrogen (secondary N) is 2. The van der Waals surface area contributed by atoms with Crippen LogP contribution in [-0.4, -0.2) is 48.0 Å². The number of hydrogen-bond donors (Lipinski definition) is 2. The molecule has 0 aliphatic carbocycles. The van der Waals surface area contributed by atoms with Crippen molar-refractivity contribution in [1.82, 2.24) is 15.5 Å². The number of ether oxygens (including phenoxy) is 1. The zero-order valence-electron chi connectivity index (χ0n) is 18.3. The molecular weight excluding hydrogens is 424 g/mol. The first kappa shape index (κ1) is 22.7. The van der Waals surface area contributed by atoms with Crippen LogP contribution >= 0.6 is 0 Å². The van der Waals surface area contributed by atoms with Crippen molar-refractivity contribution < 1.29 is 27.2 Å². The summed E-state index contributed by atoms with van der Waals surface area (Å²) in [5.74, 6) is -0.645. The Morgan fingerprint density at radius 1 is 1.19 bits per heavy atom. The van der Waals surface area contributed by atoms with Gasteiger partial charge in [-0.3, -0.25) is 4.79 Å². The van der Waals surface area contributed by atoms with Crippen LogP contribution in [0.3, 0.4) is 0 Å². The number of aromatic nitrogens is 2. The minimum atomic E-state index is -3.89. The van der Waals surface area contributed by atoms with Gasteiger partial charge in [-0.25, -0.2) is 13.2 Å². The van der Waals surface area contributed by atoms with Gasteiger partial charge < -0.3 is 19.8 Å². The lowest BCUT2D eigenvalue weighted by Gasteiger charge is -2.22. The number of sulfone groups is 1. The summed E-state index contributed by atoms with van der Waals surface area (Å²) in [6.45, 7) is 10.8. The largest absolute Gasteiger partial charge is 0.444 e. The fraction of sp³-hybridized carbons (Fsp3) is 0.500. The first-order valence-corrected chi connectivity index (χ1v) is 11.3. The van der Waals surface area contributed by atoms with Crippen LogP contribution in [0, 0.1) is 0 Å². The molecule has 2 aromatic rings. The van der Waals surface area contributed by atoms with E-state index in [4.69, 9.17) is 9.15 Å². The van der Waals surface area contributed by atoms with Crippen molar-refractivity contribution in [2.45, 2.75) is 63.5 Å². The second-order valence-corrected chi connectivity index (χ2v) is 11.3. The van der Waals surface area contributed by atoms with Crippen LogP contribution in [0.1, 0.15) is 47.4 Å². The molecular formula is C20H26N4O6S. The van der Waals surface area contributed by atoms with Crippen molar-refractivity contribution in [1.29, 1.82) is 0 Å². The lowest BCUT2D eigenvalue weighted by molar-refractivity contribution is -0.117. The van der Waals surface area contributed by atoms with Gasteiger partial charge in [-0.2, -0.15) is 0 Å². The molecule has 0 radical (unpaired) electrons. The fourth-order valence-electron chi connectivity index (χ4n) is 2.84. The number of hydrogen-bond acceptors (Lipinski definition) is 8. The lowest BCUT2D eigenvalue weighted by atomic mass is 9.97. The minimum Gasteiger partial charge on any atom is -0.444 e. The van der Waals surface area contributed by atoms with Gasteiger partial charge in [-0.05, 0) is 39.0 Å². The number of amides is 2. The van der Waals surface area contributed by atoms with E-state index in [1.807, 2.05) is 20.8 Å². The van der Waals surface area contributed by atoms with Gasteiger partial charge in [-0.15, -0.1) is 10.2 Å². The zero-order chi connectivity index (χ0) is 23.2. The Morgan fingerprint density at radius 2 is 1.87 bits per heavy atom. The molecule has 1 aliphatic heterocycles. The molecule has 3 rings (SSSR count). The molecule has 11 heteroatoms. The van der Waals surface area contributed by atoms with Crippen molar-refractivity contribution >= 4 is 27.5 Å². The van der Waals surface area contributed by atoms with Crippen LogP contribution in [-0.2, 0) is 24.8 Å². The molecule has 1 aromatic carbocycles. The van der Waals surface area contributed by atoms with Gasteiger partial charge in [0.2, 0.25) is 17.7 Å². The maximum absolute atomic E-state index is 12.9.